The standard InChI is InChI=1S/C22H25N5/c1-25(20-10-6-3-7-11-20)21-16-22(24-18-23-21)27-14-12-26(13-15-27)17-19-8-4-2-5-9-19/h2-11,16,18H,12-15,17H2,1H3. The van der Waals surface area contributed by atoms with Crippen molar-refractivity contribution in [2.45, 2.75) is 6.54 Å². The van der Waals surface area contributed by atoms with Crippen molar-refractivity contribution in [1.29, 1.82) is 0 Å². The third kappa shape index (κ3) is 4.26. The van der Waals surface area contributed by atoms with E-state index in [2.05, 4.69) is 73.2 Å². The molecular weight excluding hydrogens is 334 g/mol. The van der Waals surface area contributed by atoms with Crippen molar-refractivity contribution in [2.75, 3.05) is 43.0 Å². The first kappa shape index (κ1) is 17.5. The lowest BCUT2D eigenvalue weighted by Crippen LogP contribution is -2.46. The molecule has 4 rings (SSSR count). The normalized spacial score (nSPS) is 14.9. The molecule has 0 amide bonds. The van der Waals surface area contributed by atoms with Crippen LogP contribution in [0.4, 0.5) is 17.3 Å². The van der Waals surface area contributed by atoms with Crippen LogP contribution in [0.15, 0.2) is 73.1 Å². The molecule has 5 nitrogen and oxygen atoms in total. The monoisotopic (exact) mass is 359 g/mol. The van der Waals surface area contributed by atoms with Crippen molar-refractivity contribution in [1.82, 2.24) is 14.9 Å². The summed E-state index contributed by atoms with van der Waals surface area (Å²) in [5, 5.41) is 0. The quantitative estimate of drug-likeness (QED) is 0.696. The Morgan fingerprint density at radius 3 is 2.22 bits per heavy atom. The van der Waals surface area contributed by atoms with E-state index in [0.717, 1.165) is 50.0 Å². The van der Waals surface area contributed by atoms with E-state index in [9.17, 15) is 0 Å². The van der Waals surface area contributed by atoms with Crippen LogP contribution < -0.4 is 9.80 Å². The van der Waals surface area contributed by atoms with E-state index in [1.165, 1.54) is 5.56 Å². The van der Waals surface area contributed by atoms with Gasteiger partial charge in [0.05, 0.1) is 0 Å². The summed E-state index contributed by atoms with van der Waals surface area (Å²) in [6.07, 6.45) is 1.67. The van der Waals surface area contributed by atoms with Gasteiger partial charge in [-0.05, 0) is 17.7 Å². The number of piperazine rings is 1. The minimum absolute atomic E-state index is 0.915. The van der Waals surface area contributed by atoms with Crippen LogP contribution in [0.3, 0.4) is 0 Å². The largest absolute Gasteiger partial charge is 0.354 e. The Hall–Kier alpha value is -2.92. The number of anilines is 3. The summed E-state index contributed by atoms with van der Waals surface area (Å²) in [4.78, 5) is 15.9. The van der Waals surface area contributed by atoms with E-state index in [0.29, 0.717) is 0 Å². The third-order valence-corrected chi connectivity index (χ3v) is 5.07. The molecule has 27 heavy (non-hydrogen) atoms. The maximum Gasteiger partial charge on any atom is 0.138 e. The summed E-state index contributed by atoms with van der Waals surface area (Å²) in [5.74, 6) is 1.92. The van der Waals surface area contributed by atoms with Gasteiger partial charge in [0.15, 0.2) is 0 Å². The lowest BCUT2D eigenvalue weighted by molar-refractivity contribution is 0.249. The van der Waals surface area contributed by atoms with E-state index in [1.54, 1.807) is 6.33 Å². The van der Waals surface area contributed by atoms with Gasteiger partial charge in [0.2, 0.25) is 0 Å². The van der Waals surface area contributed by atoms with Crippen LogP contribution in [0, 0.1) is 0 Å². The predicted molar refractivity (Wildman–Crippen MR) is 110 cm³/mol. The molecule has 0 spiro atoms. The molecule has 138 valence electrons. The van der Waals surface area contributed by atoms with Gasteiger partial charge < -0.3 is 9.80 Å². The van der Waals surface area contributed by atoms with Crippen molar-refractivity contribution in [3.8, 4) is 0 Å². The van der Waals surface area contributed by atoms with E-state index in [1.807, 2.05) is 25.2 Å². The lowest BCUT2D eigenvalue weighted by Gasteiger charge is -2.35. The van der Waals surface area contributed by atoms with Crippen molar-refractivity contribution in [3.63, 3.8) is 0 Å². The Kier molecular flexibility index (Phi) is 5.30. The van der Waals surface area contributed by atoms with Crippen LogP contribution in [-0.4, -0.2) is 48.1 Å². The highest BCUT2D eigenvalue weighted by Gasteiger charge is 2.19. The average Bonchev–Trinajstić information content (AvgIpc) is 2.75. The van der Waals surface area contributed by atoms with Gasteiger partial charge in [-0.15, -0.1) is 0 Å². The minimum atomic E-state index is 0.915. The van der Waals surface area contributed by atoms with Crippen LogP contribution in [0.2, 0.25) is 0 Å². The van der Waals surface area contributed by atoms with Gasteiger partial charge in [0.1, 0.15) is 18.0 Å². The zero-order chi connectivity index (χ0) is 18.5. The van der Waals surface area contributed by atoms with E-state index < -0.39 is 0 Å². The van der Waals surface area contributed by atoms with Crippen LogP contribution in [0.5, 0.6) is 0 Å². The molecule has 0 radical (unpaired) electrons. The molecule has 0 bridgehead atoms. The van der Waals surface area contributed by atoms with Crippen molar-refractivity contribution >= 4 is 17.3 Å². The SMILES string of the molecule is CN(c1ccccc1)c1cc(N2CCN(Cc3ccccc3)CC2)ncn1. The van der Waals surface area contributed by atoms with E-state index in [4.69, 9.17) is 0 Å². The minimum Gasteiger partial charge on any atom is -0.354 e. The Balaban J connectivity index is 1.40. The van der Waals surface area contributed by atoms with Crippen LogP contribution in [-0.2, 0) is 6.54 Å². The summed E-state index contributed by atoms with van der Waals surface area (Å²) in [6.45, 7) is 5.07. The number of hydrogen-bond acceptors (Lipinski definition) is 5. The number of benzene rings is 2. The highest BCUT2D eigenvalue weighted by molar-refractivity contribution is 5.61. The van der Waals surface area contributed by atoms with Crippen LogP contribution in [0.1, 0.15) is 5.56 Å². The zero-order valence-electron chi connectivity index (χ0n) is 15.7. The Bertz CT molecular complexity index is 845. The highest BCUT2D eigenvalue weighted by atomic mass is 15.3. The smallest absolute Gasteiger partial charge is 0.138 e. The van der Waals surface area contributed by atoms with Gasteiger partial charge in [-0.25, -0.2) is 9.97 Å². The lowest BCUT2D eigenvalue weighted by atomic mass is 10.2. The van der Waals surface area contributed by atoms with Crippen LogP contribution in [0.25, 0.3) is 0 Å². The molecule has 1 aliphatic heterocycles. The highest BCUT2D eigenvalue weighted by Crippen LogP contribution is 2.24. The fraction of sp³-hybridized carbons (Fsp3) is 0.273. The third-order valence-electron chi connectivity index (χ3n) is 5.07. The van der Waals surface area contributed by atoms with Crippen molar-refractivity contribution < 1.29 is 0 Å². The molecule has 0 aliphatic carbocycles. The first-order valence-corrected chi connectivity index (χ1v) is 9.42. The molecule has 2 heterocycles. The molecule has 1 aliphatic rings. The molecule has 5 heteroatoms. The Morgan fingerprint density at radius 1 is 0.852 bits per heavy atom. The number of hydrogen-bond donors (Lipinski definition) is 0. The van der Waals surface area contributed by atoms with Crippen LogP contribution >= 0.6 is 0 Å². The molecule has 1 aromatic heterocycles. The number of aromatic nitrogens is 2. The summed E-state index contributed by atoms with van der Waals surface area (Å²) in [6, 6.07) is 23.0. The van der Waals surface area contributed by atoms with Crippen molar-refractivity contribution in [3.05, 3.63) is 78.6 Å². The molecule has 0 atom stereocenters. The topological polar surface area (TPSA) is 35.5 Å². The second kappa shape index (κ2) is 8.18. The van der Waals surface area contributed by atoms with Gasteiger partial charge in [-0.1, -0.05) is 48.5 Å². The second-order valence-corrected chi connectivity index (χ2v) is 6.88. The molecule has 2 aromatic carbocycles. The maximum atomic E-state index is 4.52. The summed E-state index contributed by atoms with van der Waals surface area (Å²) >= 11 is 0. The van der Waals surface area contributed by atoms with Gasteiger partial charge in [0, 0.05) is 51.5 Å². The molecule has 3 aromatic rings. The van der Waals surface area contributed by atoms with E-state index in [-0.39, 0.29) is 0 Å². The summed E-state index contributed by atoms with van der Waals surface area (Å²) < 4.78 is 0. The first-order chi connectivity index (χ1) is 13.3. The number of para-hydroxylation sites is 1. The maximum absolute atomic E-state index is 4.52. The molecule has 0 N–H and O–H groups in total. The molecule has 0 unspecified atom stereocenters. The van der Waals surface area contributed by atoms with Gasteiger partial charge in [0.25, 0.3) is 0 Å². The fourth-order valence-corrected chi connectivity index (χ4v) is 3.45. The Labute approximate surface area is 160 Å². The molecule has 0 saturated carbocycles. The average molecular weight is 359 g/mol. The van der Waals surface area contributed by atoms with Gasteiger partial charge >= 0.3 is 0 Å². The fourth-order valence-electron chi connectivity index (χ4n) is 3.45. The van der Waals surface area contributed by atoms with Crippen molar-refractivity contribution in [2.24, 2.45) is 0 Å². The number of rotatable bonds is 5. The van der Waals surface area contributed by atoms with E-state index >= 15 is 0 Å². The second-order valence-electron chi connectivity index (χ2n) is 6.88. The van der Waals surface area contributed by atoms with Gasteiger partial charge in [-0.3, -0.25) is 4.90 Å². The number of nitrogens with zero attached hydrogens (tertiary/aromatic N) is 5. The first-order valence-electron chi connectivity index (χ1n) is 9.42. The molecular formula is C22H25N5. The summed E-state index contributed by atoms with van der Waals surface area (Å²) in [7, 11) is 2.04. The Morgan fingerprint density at radius 2 is 1.52 bits per heavy atom. The molecule has 1 fully saturated rings. The predicted octanol–water partition coefficient (Wildman–Crippen LogP) is 3.57. The van der Waals surface area contributed by atoms with Gasteiger partial charge in [-0.2, -0.15) is 0 Å². The summed E-state index contributed by atoms with van der Waals surface area (Å²) in [5.41, 5.74) is 2.49. The zero-order valence-corrected chi connectivity index (χ0v) is 15.7. The molecule has 1 saturated heterocycles.